The van der Waals surface area contributed by atoms with Crippen LogP contribution in [0.15, 0.2) is 82.6 Å². The van der Waals surface area contributed by atoms with E-state index in [0.717, 1.165) is 10.0 Å². The number of nitrogens with zero attached hydrogens (tertiary/aromatic N) is 1. The third-order valence-corrected chi connectivity index (χ3v) is 5.57. The van der Waals surface area contributed by atoms with Crippen molar-refractivity contribution in [3.8, 4) is 21.8 Å². The molecule has 0 radical (unpaired) electrons. The second kappa shape index (κ2) is 8.04. The van der Waals surface area contributed by atoms with Gasteiger partial charge in [0.05, 0.1) is 11.4 Å². The Morgan fingerprint density at radius 2 is 1.61 bits per heavy atom. The fourth-order valence-corrected chi connectivity index (χ4v) is 3.88. The van der Waals surface area contributed by atoms with Gasteiger partial charge < -0.3 is 5.32 Å². The van der Waals surface area contributed by atoms with Crippen molar-refractivity contribution in [3.63, 3.8) is 0 Å². The van der Waals surface area contributed by atoms with Crippen molar-refractivity contribution in [1.82, 2.24) is 4.98 Å². The van der Waals surface area contributed by atoms with E-state index in [2.05, 4.69) is 26.2 Å². The smallest absolute Gasteiger partial charge is 0.255 e. The van der Waals surface area contributed by atoms with Crippen molar-refractivity contribution in [1.29, 1.82) is 0 Å². The first kappa shape index (κ1) is 18.5. The summed E-state index contributed by atoms with van der Waals surface area (Å²) in [6.45, 7) is 0. The molecule has 0 unspecified atom stereocenters. The largest absolute Gasteiger partial charge is 0.321 e. The molecule has 138 valence electrons. The van der Waals surface area contributed by atoms with Gasteiger partial charge in [-0.15, -0.1) is 11.3 Å². The molecule has 3 aromatic carbocycles. The van der Waals surface area contributed by atoms with Crippen LogP contribution >= 0.6 is 27.3 Å². The van der Waals surface area contributed by atoms with Crippen LogP contribution in [0.4, 0.5) is 10.1 Å². The summed E-state index contributed by atoms with van der Waals surface area (Å²) in [5.74, 6) is -0.510. The van der Waals surface area contributed by atoms with Gasteiger partial charge in [-0.3, -0.25) is 4.79 Å². The molecule has 1 N–H and O–H groups in total. The second-order valence-corrected chi connectivity index (χ2v) is 7.80. The van der Waals surface area contributed by atoms with Gasteiger partial charge in [-0.05, 0) is 42.5 Å². The molecule has 0 aliphatic rings. The van der Waals surface area contributed by atoms with Crippen LogP contribution in [0, 0.1) is 5.82 Å². The zero-order valence-electron chi connectivity index (χ0n) is 14.5. The summed E-state index contributed by atoms with van der Waals surface area (Å²) >= 11 is 4.73. The lowest BCUT2D eigenvalue weighted by Gasteiger charge is -2.10. The normalized spacial score (nSPS) is 10.6. The summed E-state index contributed by atoms with van der Waals surface area (Å²) in [6, 6.07) is 21.2. The number of hydrogen-bond acceptors (Lipinski definition) is 3. The highest BCUT2D eigenvalue weighted by Crippen LogP contribution is 2.33. The van der Waals surface area contributed by atoms with E-state index in [1.807, 2.05) is 41.8 Å². The number of anilines is 1. The third-order valence-electron chi connectivity index (χ3n) is 4.17. The molecule has 0 fully saturated rings. The maximum atomic E-state index is 14.1. The molecule has 0 aliphatic heterocycles. The highest BCUT2D eigenvalue weighted by molar-refractivity contribution is 9.10. The molecule has 0 saturated heterocycles. The Morgan fingerprint density at radius 3 is 2.36 bits per heavy atom. The summed E-state index contributed by atoms with van der Waals surface area (Å²) in [7, 11) is 0. The molecule has 4 rings (SSSR count). The number of carbonyl (C=O) groups excluding carboxylic acids is 1. The summed E-state index contributed by atoms with van der Waals surface area (Å²) < 4.78 is 15.0. The molecule has 0 saturated carbocycles. The number of thiazole rings is 1. The van der Waals surface area contributed by atoms with Crippen LogP contribution in [0.25, 0.3) is 21.8 Å². The first-order valence-corrected chi connectivity index (χ1v) is 10.2. The lowest BCUT2D eigenvalue weighted by molar-refractivity contribution is 0.102. The highest BCUT2D eigenvalue weighted by Gasteiger charge is 2.14. The Labute approximate surface area is 174 Å². The van der Waals surface area contributed by atoms with Gasteiger partial charge >= 0.3 is 0 Å². The van der Waals surface area contributed by atoms with Crippen molar-refractivity contribution in [2.45, 2.75) is 0 Å². The molecule has 28 heavy (non-hydrogen) atoms. The number of nitrogens with one attached hydrogen (secondary N) is 1. The van der Waals surface area contributed by atoms with Gasteiger partial charge in [0.1, 0.15) is 10.8 Å². The van der Waals surface area contributed by atoms with E-state index in [1.165, 1.54) is 17.4 Å². The fraction of sp³-hybridized carbons (Fsp3) is 0. The maximum Gasteiger partial charge on any atom is 0.255 e. The van der Waals surface area contributed by atoms with Crippen LogP contribution in [0.3, 0.4) is 0 Å². The molecular weight excluding hydrogens is 439 g/mol. The predicted molar refractivity (Wildman–Crippen MR) is 115 cm³/mol. The number of halogens is 2. The lowest BCUT2D eigenvalue weighted by atomic mass is 10.1. The summed E-state index contributed by atoms with van der Waals surface area (Å²) in [6.07, 6.45) is 0. The minimum atomic E-state index is -0.305. The molecule has 6 heteroatoms. The standard InChI is InChI=1S/C22H14BrFN2OS/c23-15-11-9-14(10-12-15)21(27)25-19-8-4-2-6-17(19)20-13-28-22(26-20)16-5-1-3-7-18(16)24/h1-13H,(H,25,27). The average molecular weight is 453 g/mol. The van der Waals surface area contributed by atoms with Crippen molar-refractivity contribution in [2.24, 2.45) is 0 Å². The van der Waals surface area contributed by atoms with Gasteiger partial charge in [-0.25, -0.2) is 9.37 Å². The quantitative estimate of drug-likeness (QED) is 0.377. The second-order valence-electron chi connectivity index (χ2n) is 6.02. The van der Waals surface area contributed by atoms with Crippen LogP contribution < -0.4 is 5.32 Å². The SMILES string of the molecule is O=C(Nc1ccccc1-c1csc(-c2ccccc2F)n1)c1ccc(Br)cc1. The van der Waals surface area contributed by atoms with Gasteiger partial charge in [0.25, 0.3) is 5.91 Å². The van der Waals surface area contributed by atoms with Gasteiger partial charge in [-0.2, -0.15) is 0 Å². The number of rotatable bonds is 4. The number of carbonyl (C=O) groups is 1. The van der Waals surface area contributed by atoms with Crippen LogP contribution in [0.1, 0.15) is 10.4 Å². The Hall–Kier alpha value is -2.83. The molecule has 1 heterocycles. The van der Waals surface area contributed by atoms with E-state index in [1.54, 1.807) is 30.3 Å². The van der Waals surface area contributed by atoms with E-state index in [0.29, 0.717) is 27.5 Å². The van der Waals surface area contributed by atoms with Crippen molar-refractivity contribution in [2.75, 3.05) is 5.32 Å². The average Bonchev–Trinajstić information content (AvgIpc) is 3.19. The number of amides is 1. The van der Waals surface area contributed by atoms with Gasteiger partial charge in [0.2, 0.25) is 0 Å². The Kier molecular flexibility index (Phi) is 5.32. The first-order chi connectivity index (χ1) is 13.6. The van der Waals surface area contributed by atoms with E-state index in [-0.39, 0.29) is 11.7 Å². The van der Waals surface area contributed by atoms with Gasteiger partial charge in [0, 0.05) is 26.5 Å². The molecule has 1 aromatic heterocycles. The zero-order chi connectivity index (χ0) is 19.5. The van der Waals surface area contributed by atoms with Gasteiger partial charge in [-0.1, -0.05) is 46.3 Å². The molecule has 0 aliphatic carbocycles. The van der Waals surface area contributed by atoms with E-state index >= 15 is 0 Å². The van der Waals surface area contributed by atoms with Crippen molar-refractivity contribution in [3.05, 3.63) is 94.0 Å². The molecular formula is C22H14BrFN2OS. The Morgan fingerprint density at radius 1 is 0.929 bits per heavy atom. The van der Waals surface area contributed by atoms with E-state index in [9.17, 15) is 9.18 Å². The minimum absolute atomic E-state index is 0.204. The summed E-state index contributed by atoms with van der Waals surface area (Å²) in [5, 5.41) is 5.41. The molecule has 3 nitrogen and oxygen atoms in total. The summed E-state index contributed by atoms with van der Waals surface area (Å²) in [5.41, 5.74) is 3.15. The van der Waals surface area contributed by atoms with Crippen molar-refractivity contribution < 1.29 is 9.18 Å². The third kappa shape index (κ3) is 3.88. The number of benzene rings is 3. The van der Waals surface area contributed by atoms with Crippen molar-refractivity contribution >= 4 is 38.9 Å². The molecule has 1 amide bonds. The molecule has 0 spiro atoms. The van der Waals surface area contributed by atoms with E-state index < -0.39 is 0 Å². The number of hydrogen-bond donors (Lipinski definition) is 1. The van der Waals surface area contributed by atoms with Crippen LogP contribution in [0.2, 0.25) is 0 Å². The minimum Gasteiger partial charge on any atom is -0.321 e. The monoisotopic (exact) mass is 452 g/mol. The van der Waals surface area contributed by atoms with Crippen LogP contribution in [-0.2, 0) is 0 Å². The maximum absolute atomic E-state index is 14.1. The number of aromatic nitrogens is 1. The van der Waals surface area contributed by atoms with Gasteiger partial charge in [0.15, 0.2) is 0 Å². The molecule has 4 aromatic rings. The molecule has 0 bridgehead atoms. The number of para-hydroxylation sites is 1. The van der Waals surface area contributed by atoms with E-state index in [4.69, 9.17) is 0 Å². The first-order valence-electron chi connectivity index (χ1n) is 8.48. The topological polar surface area (TPSA) is 42.0 Å². The molecule has 0 atom stereocenters. The predicted octanol–water partition coefficient (Wildman–Crippen LogP) is 6.63. The van der Waals surface area contributed by atoms with Crippen LogP contribution in [0.5, 0.6) is 0 Å². The van der Waals surface area contributed by atoms with Crippen LogP contribution in [-0.4, -0.2) is 10.9 Å². The Bertz CT molecular complexity index is 1140. The lowest BCUT2D eigenvalue weighted by Crippen LogP contribution is -2.12. The highest BCUT2D eigenvalue weighted by atomic mass is 79.9. The fourth-order valence-electron chi connectivity index (χ4n) is 2.77. The summed E-state index contributed by atoms with van der Waals surface area (Å²) in [4.78, 5) is 17.2. The Balaban J connectivity index is 1.64. The zero-order valence-corrected chi connectivity index (χ0v) is 16.9.